The largest absolute Gasteiger partial charge is 0.493 e. The lowest BCUT2D eigenvalue weighted by atomic mass is 10.1. The third-order valence-corrected chi connectivity index (χ3v) is 3.97. The molecule has 30 heavy (non-hydrogen) atoms. The van der Waals surface area contributed by atoms with E-state index in [1.54, 1.807) is 0 Å². The van der Waals surface area contributed by atoms with Crippen LogP contribution in [0, 0.1) is 10.1 Å². The van der Waals surface area contributed by atoms with Crippen LogP contribution in [0.3, 0.4) is 0 Å². The summed E-state index contributed by atoms with van der Waals surface area (Å²) in [6.07, 6.45) is 0. The molecule has 0 radical (unpaired) electrons. The number of nitrogens with one attached hydrogen (secondary N) is 2. The second kappa shape index (κ2) is 9.87. The Labute approximate surface area is 171 Å². The van der Waals surface area contributed by atoms with Gasteiger partial charge >= 0.3 is 5.97 Å². The van der Waals surface area contributed by atoms with Crippen LogP contribution in [0.1, 0.15) is 20.7 Å². The van der Waals surface area contributed by atoms with Gasteiger partial charge in [-0.1, -0.05) is 0 Å². The number of methoxy groups -OCH3 is 3. The highest BCUT2D eigenvalue weighted by molar-refractivity contribution is 6.07. The quantitative estimate of drug-likeness (QED) is 0.375. The fraction of sp³-hybridized carbons (Fsp3) is 0.211. The molecule has 0 bridgehead atoms. The van der Waals surface area contributed by atoms with Crippen molar-refractivity contribution >= 4 is 29.2 Å². The molecule has 2 aromatic carbocycles. The Bertz CT molecular complexity index is 972. The second-order valence-electron chi connectivity index (χ2n) is 5.77. The number of esters is 1. The van der Waals surface area contributed by atoms with E-state index in [1.807, 2.05) is 0 Å². The van der Waals surface area contributed by atoms with E-state index in [2.05, 4.69) is 15.4 Å². The van der Waals surface area contributed by atoms with Gasteiger partial charge in [0.2, 0.25) is 0 Å². The van der Waals surface area contributed by atoms with Gasteiger partial charge in [0.1, 0.15) is 12.1 Å². The van der Waals surface area contributed by atoms with Gasteiger partial charge in [-0.05, 0) is 24.3 Å². The maximum atomic E-state index is 12.6. The summed E-state index contributed by atoms with van der Waals surface area (Å²) in [4.78, 5) is 46.3. The SMILES string of the molecule is COC(=O)CNC(=O)c1ccc(NC(=O)c2cc(OC)c(OC)cc2[N+](=O)[O-])cc1. The van der Waals surface area contributed by atoms with E-state index in [0.29, 0.717) is 5.69 Å². The first-order valence-electron chi connectivity index (χ1n) is 8.47. The summed E-state index contributed by atoms with van der Waals surface area (Å²) in [7, 11) is 3.87. The Morgan fingerprint density at radius 1 is 0.967 bits per heavy atom. The van der Waals surface area contributed by atoms with Gasteiger partial charge in [-0.25, -0.2) is 0 Å². The lowest BCUT2D eigenvalue weighted by molar-refractivity contribution is -0.385. The van der Waals surface area contributed by atoms with E-state index in [9.17, 15) is 24.5 Å². The third kappa shape index (κ3) is 5.22. The van der Waals surface area contributed by atoms with E-state index < -0.39 is 28.4 Å². The second-order valence-corrected chi connectivity index (χ2v) is 5.77. The Kier molecular flexibility index (Phi) is 7.28. The molecule has 0 atom stereocenters. The van der Waals surface area contributed by atoms with Crippen LogP contribution in [0.15, 0.2) is 36.4 Å². The summed E-state index contributed by atoms with van der Waals surface area (Å²) in [5, 5.41) is 16.2. The Balaban J connectivity index is 2.19. The molecule has 2 rings (SSSR count). The van der Waals surface area contributed by atoms with Gasteiger partial charge < -0.3 is 24.8 Å². The van der Waals surface area contributed by atoms with Crippen LogP contribution in [0.4, 0.5) is 11.4 Å². The number of nitro benzene ring substituents is 1. The number of amides is 2. The number of anilines is 1. The molecule has 0 saturated carbocycles. The minimum atomic E-state index is -0.745. The summed E-state index contributed by atoms with van der Waals surface area (Å²) in [6, 6.07) is 8.04. The van der Waals surface area contributed by atoms with Crippen LogP contribution in [0.2, 0.25) is 0 Å². The number of hydrogen-bond donors (Lipinski definition) is 2. The topological polar surface area (TPSA) is 146 Å². The van der Waals surface area contributed by atoms with Crippen LogP contribution in [-0.2, 0) is 9.53 Å². The predicted octanol–water partition coefficient (Wildman–Crippen LogP) is 1.77. The molecule has 158 valence electrons. The Morgan fingerprint density at radius 2 is 1.57 bits per heavy atom. The van der Waals surface area contributed by atoms with Crippen molar-refractivity contribution in [3.63, 3.8) is 0 Å². The number of rotatable bonds is 8. The number of carbonyl (C=O) groups excluding carboxylic acids is 3. The van der Waals surface area contributed by atoms with Crippen LogP contribution in [-0.4, -0.2) is 50.6 Å². The number of carbonyl (C=O) groups is 3. The van der Waals surface area contributed by atoms with Crippen LogP contribution < -0.4 is 20.1 Å². The molecule has 0 aliphatic carbocycles. The van der Waals surface area contributed by atoms with Crippen LogP contribution in [0.5, 0.6) is 11.5 Å². The monoisotopic (exact) mass is 417 g/mol. The number of nitrogens with zero attached hydrogens (tertiary/aromatic N) is 1. The molecular weight excluding hydrogens is 398 g/mol. The van der Waals surface area contributed by atoms with E-state index in [0.717, 1.165) is 6.07 Å². The zero-order chi connectivity index (χ0) is 22.3. The fourth-order valence-corrected chi connectivity index (χ4v) is 2.43. The molecule has 2 amide bonds. The van der Waals surface area contributed by atoms with E-state index in [-0.39, 0.29) is 29.2 Å². The fourth-order valence-electron chi connectivity index (χ4n) is 2.43. The predicted molar refractivity (Wildman–Crippen MR) is 105 cm³/mol. The first-order valence-corrected chi connectivity index (χ1v) is 8.47. The van der Waals surface area contributed by atoms with Gasteiger partial charge in [-0.2, -0.15) is 0 Å². The third-order valence-electron chi connectivity index (χ3n) is 3.97. The molecule has 0 unspecified atom stereocenters. The molecule has 11 nitrogen and oxygen atoms in total. The maximum Gasteiger partial charge on any atom is 0.325 e. The van der Waals surface area contributed by atoms with Gasteiger partial charge in [-0.3, -0.25) is 24.5 Å². The van der Waals surface area contributed by atoms with Crippen molar-refractivity contribution in [1.82, 2.24) is 5.32 Å². The first kappa shape index (κ1) is 22.1. The van der Waals surface area contributed by atoms with Crippen molar-refractivity contribution < 1.29 is 33.5 Å². The summed E-state index contributed by atoms with van der Waals surface area (Å²) in [6.45, 7) is -0.281. The Hall–Kier alpha value is -4.15. The molecule has 0 saturated heterocycles. The smallest absolute Gasteiger partial charge is 0.325 e. The molecule has 2 N–H and O–H groups in total. The zero-order valence-electron chi connectivity index (χ0n) is 16.4. The number of nitro groups is 1. The molecular formula is C19H19N3O8. The highest BCUT2D eigenvalue weighted by Crippen LogP contribution is 2.34. The van der Waals surface area contributed by atoms with E-state index >= 15 is 0 Å². The average molecular weight is 417 g/mol. The van der Waals surface area contributed by atoms with Crippen molar-refractivity contribution in [1.29, 1.82) is 0 Å². The van der Waals surface area contributed by atoms with Crippen molar-refractivity contribution in [2.45, 2.75) is 0 Å². The van der Waals surface area contributed by atoms with Gasteiger partial charge in [0.05, 0.1) is 32.3 Å². The molecule has 11 heteroatoms. The number of benzene rings is 2. The summed E-state index contributed by atoms with van der Waals surface area (Å²) >= 11 is 0. The minimum absolute atomic E-state index is 0.114. The summed E-state index contributed by atoms with van der Waals surface area (Å²) in [5.41, 5.74) is -0.135. The summed E-state index contributed by atoms with van der Waals surface area (Å²) < 4.78 is 14.6. The van der Waals surface area contributed by atoms with Crippen molar-refractivity contribution in [2.75, 3.05) is 33.2 Å². The van der Waals surface area contributed by atoms with E-state index in [1.165, 1.54) is 51.7 Å². The maximum absolute atomic E-state index is 12.6. The van der Waals surface area contributed by atoms with Crippen molar-refractivity contribution in [3.8, 4) is 11.5 Å². The van der Waals surface area contributed by atoms with Gasteiger partial charge in [0.15, 0.2) is 11.5 Å². The van der Waals surface area contributed by atoms with Crippen molar-refractivity contribution in [2.24, 2.45) is 0 Å². The highest BCUT2D eigenvalue weighted by Gasteiger charge is 2.24. The number of ether oxygens (including phenoxy) is 3. The lowest BCUT2D eigenvalue weighted by Gasteiger charge is -2.11. The Morgan fingerprint density at radius 3 is 2.10 bits per heavy atom. The van der Waals surface area contributed by atoms with Crippen LogP contribution in [0.25, 0.3) is 0 Å². The van der Waals surface area contributed by atoms with Gasteiger partial charge in [-0.15, -0.1) is 0 Å². The highest BCUT2D eigenvalue weighted by atomic mass is 16.6. The minimum Gasteiger partial charge on any atom is -0.493 e. The molecule has 0 aliphatic heterocycles. The summed E-state index contributed by atoms with van der Waals surface area (Å²) in [5.74, 6) is -1.57. The molecule has 2 aromatic rings. The average Bonchev–Trinajstić information content (AvgIpc) is 2.76. The molecule has 0 fully saturated rings. The van der Waals surface area contributed by atoms with Crippen molar-refractivity contribution in [3.05, 3.63) is 57.6 Å². The molecule has 0 spiro atoms. The van der Waals surface area contributed by atoms with Gasteiger partial charge in [0.25, 0.3) is 17.5 Å². The molecule has 0 aromatic heterocycles. The normalized spacial score (nSPS) is 9.97. The molecule has 0 heterocycles. The van der Waals surface area contributed by atoms with Gasteiger partial charge in [0, 0.05) is 17.3 Å². The molecule has 0 aliphatic rings. The number of hydrogen-bond acceptors (Lipinski definition) is 8. The zero-order valence-corrected chi connectivity index (χ0v) is 16.4. The van der Waals surface area contributed by atoms with E-state index in [4.69, 9.17) is 9.47 Å². The lowest BCUT2D eigenvalue weighted by Crippen LogP contribution is -2.30. The van der Waals surface area contributed by atoms with Crippen LogP contribution >= 0.6 is 0 Å². The first-order chi connectivity index (χ1) is 14.3. The standard InChI is InChI=1S/C19H19N3O8/c1-28-15-8-13(14(22(26)27)9-16(15)29-2)19(25)21-12-6-4-11(5-7-12)18(24)20-10-17(23)30-3/h4-9H,10H2,1-3H3,(H,20,24)(H,21,25).